The number of carbonyl (C=O) groups is 1. The lowest BCUT2D eigenvalue weighted by Crippen LogP contribution is -2.28. The Bertz CT molecular complexity index is 215. The summed E-state index contributed by atoms with van der Waals surface area (Å²) in [6.07, 6.45) is 2.54. The molecule has 4 heteroatoms. The van der Waals surface area contributed by atoms with Crippen LogP contribution < -0.4 is 0 Å². The molecule has 2 fully saturated rings. The zero-order valence-corrected chi connectivity index (χ0v) is 6.75. The molecule has 0 aliphatic carbocycles. The molecule has 0 atom stereocenters. The average molecular weight is 172 g/mol. The van der Waals surface area contributed by atoms with Gasteiger partial charge in [-0.05, 0) is 12.8 Å². The molecule has 0 spiro atoms. The highest BCUT2D eigenvalue weighted by atomic mass is 16.7. The minimum atomic E-state index is -1.00. The number of aliphatic hydroxyl groups is 1. The number of carboxylic acids is 1. The zero-order valence-electron chi connectivity index (χ0n) is 6.75. The normalized spacial score (nSPS) is 45.1. The topological polar surface area (TPSA) is 66.8 Å². The van der Waals surface area contributed by atoms with Crippen LogP contribution in [-0.4, -0.2) is 27.6 Å². The maximum atomic E-state index is 10.5. The first kappa shape index (κ1) is 8.01. The summed E-state index contributed by atoms with van der Waals surface area (Å²) < 4.78 is 5.33. The highest BCUT2D eigenvalue weighted by Gasteiger charge is 2.55. The Morgan fingerprint density at radius 3 is 2.25 bits per heavy atom. The summed E-state index contributed by atoms with van der Waals surface area (Å²) in [5.41, 5.74) is -0.555. The molecule has 0 unspecified atom stereocenters. The molecule has 0 aromatic rings. The minimum Gasteiger partial charge on any atom is -0.481 e. The van der Waals surface area contributed by atoms with Gasteiger partial charge in [-0.2, -0.15) is 0 Å². The van der Waals surface area contributed by atoms with Gasteiger partial charge in [-0.25, -0.2) is 0 Å². The first-order valence-electron chi connectivity index (χ1n) is 4.18. The Balaban J connectivity index is 2.10. The van der Waals surface area contributed by atoms with Crippen LogP contribution in [0.25, 0.3) is 0 Å². The second-order valence-electron chi connectivity index (χ2n) is 3.80. The zero-order chi connectivity index (χ0) is 8.82. The molecule has 0 amide bonds. The average Bonchev–Trinajstić information content (AvgIpc) is 2.39. The van der Waals surface area contributed by atoms with E-state index >= 15 is 0 Å². The van der Waals surface area contributed by atoms with Gasteiger partial charge in [0, 0.05) is 12.8 Å². The molecule has 12 heavy (non-hydrogen) atoms. The van der Waals surface area contributed by atoms with Crippen LogP contribution in [0.2, 0.25) is 0 Å². The van der Waals surface area contributed by atoms with Crippen LogP contribution in [0.15, 0.2) is 0 Å². The van der Waals surface area contributed by atoms with Gasteiger partial charge in [0.2, 0.25) is 0 Å². The fourth-order valence-corrected chi connectivity index (χ4v) is 2.19. The molecule has 0 radical (unpaired) electrons. The lowest BCUT2D eigenvalue weighted by molar-refractivity contribution is -0.185. The molecule has 0 aromatic heterocycles. The number of aliphatic carboxylic acids is 1. The molecule has 2 aliphatic rings. The second-order valence-corrected chi connectivity index (χ2v) is 3.80. The number of hydrogen-bond donors (Lipinski definition) is 2. The van der Waals surface area contributed by atoms with E-state index in [9.17, 15) is 9.90 Å². The van der Waals surface area contributed by atoms with Gasteiger partial charge in [0.15, 0.2) is 5.79 Å². The molecule has 4 nitrogen and oxygen atoms in total. The number of carboxylic acid groups (broad SMARTS) is 1. The summed E-state index contributed by atoms with van der Waals surface area (Å²) in [4.78, 5) is 10.5. The Morgan fingerprint density at radius 1 is 1.33 bits per heavy atom. The van der Waals surface area contributed by atoms with Gasteiger partial charge in [-0.1, -0.05) is 0 Å². The van der Waals surface area contributed by atoms with Crippen LogP contribution in [-0.2, 0) is 9.53 Å². The highest BCUT2D eigenvalue weighted by molar-refractivity contribution is 5.68. The van der Waals surface area contributed by atoms with E-state index in [1.54, 1.807) is 0 Å². The van der Waals surface area contributed by atoms with E-state index in [2.05, 4.69) is 0 Å². The summed E-state index contributed by atoms with van der Waals surface area (Å²) in [6.45, 7) is 0. The van der Waals surface area contributed by atoms with Gasteiger partial charge >= 0.3 is 5.97 Å². The third-order valence-electron chi connectivity index (χ3n) is 2.82. The molecule has 2 bridgehead atoms. The minimum absolute atomic E-state index is 0.0231. The largest absolute Gasteiger partial charge is 0.481 e. The maximum absolute atomic E-state index is 10.5. The van der Waals surface area contributed by atoms with Crippen LogP contribution in [0, 0.1) is 0 Å². The summed E-state index contributed by atoms with van der Waals surface area (Å²) in [5, 5.41) is 18.2. The van der Waals surface area contributed by atoms with Crippen molar-refractivity contribution >= 4 is 5.97 Å². The summed E-state index contributed by atoms with van der Waals surface area (Å²) in [6, 6.07) is 0. The predicted octanol–water partition coefficient (Wildman–Crippen LogP) is 0.493. The predicted molar refractivity (Wildman–Crippen MR) is 39.5 cm³/mol. The van der Waals surface area contributed by atoms with Crippen molar-refractivity contribution in [1.29, 1.82) is 0 Å². The van der Waals surface area contributed by atoms with E-state index in [1.807, 2.05) is 0 Å². The number of hydrogen-bond acceptors (Lipinski definition) is 3. The van der Waals surface area contributed by atoms with Gasteiger partial charge in [-0.15, -0.1) is 0 Å². The molecule has 68 valence electrons. The van der Waals surface area contributed by atoms with Crippen molar-refractivity contribution in [3.63, 3.8) is 0 Å². The van der Waals surface area contributed by atoms with Crippen molar-refractivity contribution in [3.05, 3.63) is 0 Å². The summed E-state index contributed by atoms with van der Waals surface area (Å²) in [7, 11) is 0. The Labute approximate surface area is 70.1 Å². The molecule has 2 N–H and O–H groups in total. The van der Waals surface area contributed by atoms with Crippen molar-refractivity contribution in [2.75, 3.05) is 0 Å². The molecule has 2 aliphatic heterocycles. The fraction of sp³-hybridized carbons (Fsp3) is 0.875. The third-order valence-corrected chi connectivity index (χ3v) is 2.82. The molecule has 0 aromatic carbocycles. The molecule has 2 saturated heterocycles. The third kappa shape index (κ3) is 1.11. The number of fused-ring (bicyclic) bond motifs is 2. The van der Waals surface area contributed by atoms with Gasteiger partial charge in [-0.3, -0.25) is 4.79 Å². The first-order valence-corrected chi connectivity index (χ1v) is 4.18. The quantitative estimate of drug-likeness (QED) is 0.636. The van der Waals surface area contributed by atoms with Gasteiger partial charge in [0.25, 0.3) is 0 Å². The van der Waals surface area contributed by atoms with Crippen molar-refractivity contribution in [2.24, 2.45) is 0 Å². The number of ether oxygens (including phenoxy) is 1. The van der Waals surface area contributed by atoms with Crippen LogP contribution in [0.3, 0.4) is 0 Å². The molecule has 2 rings (SSSR count). The van der Waals surface area contributed by atoms with Crippen LogP contribution >= 0.6 is 0 Å². The van der Waals surface area contributed by atoms with E-state index in [0.717, 1.165) is 0 Å². The standard InChI is InChI=1S/C8H12O4/c9-6(10)5-7-1-3-8(11,12-7)4-2-7/h11H,1-5H2,(H,9,10). The van der Waals surface area contributed by atoms with Crippen molar-refractivity contribution in [1.82, 2.24) is 0 Å². The van der Waals surface area contributed by atoms with Crippen molar-refractivity contribution < 1.29 is 19.7 Å². The summed E-state index contributed by atoms with van der Waals surface area (Å²) >= 11 is 0. The lowest BCUT2D eigenvalue weighted by atomic mass is 9.85. The maximum Gasteiger partial charge on any atom is 0.306 e. The van der Waals surface area contributed by atoms with Crippen LogP contribution in [0.4, 0.5) is 0 Å². The van der Waals surface area contributed by atoms with E-state index in [0.29, 0.717) is 25.7 Å². The van der Waals surface area contributed by atoms with Gasteiger partial charge in [0.05, 0.1) is 12.0 Å². The smallest absolute Gasteiger partial charge is 0.306 e. The van der Waals surface area contributed by atoms with Gasteiger partial charge < -0.3 is 14.9 Å². The highest BCUT2D eigenvalue weighted by Crippen LogP contribution is 2.50. The van der Waals surface area contributed by atoms with Crippen molar-refractivity contribution in [3.8, 4) is 0 Å². The number of rotatable bonds is 2. The van der Waals surface area contributed by atoms with E-state index in [1.165, 1.54) is 0 Å². The van der Waals surface area contributed by atoms with Crippen LogP contribution in [0.5, 0.6) is 0 Å². The van der Waals surface area contributed by atoms with Gasteiger partial charge in [0.1, 0.15) is 0 Å². The summed E-state index contributed by atoms with van der Waals surface area (Å²) in [5.74, 6) is -1.85. The Kier molecular flexibility index (Phi) is 1.47. The van der Waals surface area contributed by atoms with Crippen LogP contribution in [0.1, 0.15) is 32.1 Å². The molecule has 0 saturated carbocycles. The van der Waals surface area contributed by atoms with E-state index in [-0.39, 0.29) is 6.42 Å². The monoisotopic (exact) mass is 172 g/mol. The van der Waals surface area contributed by atoms with E-state index < -0.39 is 17.4 Å². The second kappa shape index (κ2) is 2.20. The Hall–Kier alpha value is -0.610. The molecular formula is C8H12O4. The lowest BCUT2D eigenvalue weighted by Gasteiger charge is -2.20. The van der Waals surface area contributed by atoms with E-state index in [4.69, 9.17) is 9.84 Å². The SMILES string of the molecule is O=C(O)CC12CCC(O)(CC1)O2. The molecule has 2 heterocycles. The van der Waals surface area contributed by atoms with Crippen molar-refractivity contribution in [2.45, 2.75) is 43.5 Å². The molecular weight excluding hydrogens is 160 g/mol. The first-order chi connectivity index (χ1) is 5.54. The Morgan fingerprint density at radius 2 is 1.92 bits per heavy atom. The fourth-order valence-electron chi connectivity index (χ4n) is 2.19.